The van der Waals surface area contributed by atoms with Crippen molar-refractivity contribution in [3.8, 4) is 6.07 Å². The minimum absolute atomic E-state index is 0.0559. The van der Waals surface area contributed by atoms with Crippen LogP contribution in [0.4, 0.5) is 8.78 Å². The molecule has 0 radical (unpaired) electrons. The Labute approximate surface area is 136 Å². The molecule has 0 aliphatic rings. The predicted octanol–water partition coefficient (Wildman–Crippen LogP) is 3.22. The third kappa shape index (κ3) is 5.04. The van der Waals surface area contributed by atoms with Crippen molar-refractivity contribution in [2.24, 2.45) is 0 Å². The van der Waals surface area contributed by atoms with E-state index in [1.165, 1.54) is 11.8 Å². The number of nitriles is 1. The maximum atomic E-state index is 13.7. The number of benzene rings is 1. The normalized spacial score (nSPS) is 11.5. The van der Waals surface area contributed by atoms with E-state index in [-0.39, 0.29) is 17.9 Å². The van der Waals surface area contributed by atoms with Crippen LogP contribution < -0.4 is 5.32 Å². The van der Waals surface area contributed by atoms with Gasteiger partial charge in [0.05, 0.1) is 11.1 Å². The summed E-state index contributed by atoms with van der Waals surface area (Å²) in [4.78, 5) is 16.0. The van der Waals surface area contributed by atoms with Crippen LogP contribution in [0.1, 0.15) is 18.0 Å². The maximum absolute atomic E-state index is 13.7. The molecule has 0 saturated carbocycles. The minimum atomic E-state index is -1.15. The van der Waals surface area contributed by atoms with Gasteiger partial charge in [0.25, 0.3) is 0 Å². The number of nitrogens with zero attached hydrogens (tertiary/aromatic N) is 2. The zero-order chi connectivity index (χ0) is 16.7. The average molecular weight is 333 g/mol. The molecule has 0 unspecified atom stereocenters. The number of carbonyl (C=O) groups excluding carboxylic acids is 1. The number of thioether (sulfide) groups is 1. The highest BCUT2D eigenvalue weighted by Crippen LogP contribution is 2.19. The van der Waals surface area contributed by atoms with Crippen LogP contribution in [0.15, 0.2) is 47.6 Å². The maximum Gasteiger partial charge on any atom is 0.222 e. The van der Waals surface area contributed by atoms with Gasteiger partial charge in [-0.2, -0.15) is 5.26 Å². The second-order valence-electron chi connectivity index (χ2n) is 4.56. The Kier molecular flexibility index (Phi) is 6.06. The van der Waals surface area contributed by atoms with Crippen molar-refractivity contribution >= 4 is 17.7 Å². The first-order valence-corrected chi connectivity index (χ1v) is 7.76. The molecule has 4 nitrogen and oxygen atoms in total. The Hall–Kier alpha value is -2.46. The van der Waals surface area contributed by atoms with Crippen molar-refractivity contribution < 1.29 is 13.6 Å². The van der Waals surface area contributed by atoms with Gasteiger partial charge < -0.3 is 5.32 Å². The largest absolute Gasteiger partial charge is 0.337 e. The lowest BCUT2D eigenvalue weighted by Gasteiger charge is -2.12. The summed E-state index contributed by atoms with van der Waals surface area (Å²) in [5, 5.41) is 12.3. The monoisotopic (exact) mass is 333 g/mol. The summed E-state index contributed by atoms with van der Waals surface area (Å²) in [5.41, 5.74) is -0.0559. The summed E-state index contributed by atoms with van der Waals surface area (Å²) < 4.78 is 26.5. The molecule has 1 heterocycles. The van der Waals surface area contributed by atoms with Crippen LogP contribution in [0, 0.1) is 23.0 Å². The van der Waals surface area contributed by atoms with Crippen molar-refractivity contribution in [3.63, 3.8) is 0 Å². The Morgan fingerprint density at radius 2 is 2.17 bits per heavy atom. The minimum Gasteiger partial charge on any atom is -0.337 e. The highest BCUT2D eigenvalue weighted by Gasteiger charge is 2.18. The van der Waals surface area contributed by atoms with Gasteiger partial charge in [0, 0.05) is 30.0 Å². The van der Waals surface area contributed by atoms with Gasteiger partial charge in [0.2, 0.25) is 5.91 Å². The van der Waals surface area contributed by atoms with Crippen LogP contribution in [-0.2, 0) is 4.79 Å². The van der Waals surface area contributed by atoms with E-state index in [2.05, 4.69) is 10.3 Å². The van der Waals surface area contributed by atoms with E-state index in [1.807, 2.05) is 12.1 Å². The molecule has 0 spiro atoms. The van der Waals surface area contributed by atoms with E-state index in [1.54, 1.807) is 18.3 Å². The van der Waals surface area contributed by atoms with Gasteiger partial charge in [-0.25, -0.2) is 13.8 Å². The number of aromatic nitrogens is 1. The number of pyridine rings is 1. The van der Waals surface area contributed by atoms with Gasteiger partial charge in [0.1, 0.15) is 17.7 Å². The molecule has 1 aromatic heterocycles. The van der Waals surface area contributed by atoms with Crippen molar-refractivity contribution in [2.45, 2.75) is 17.5 Å². The Bertz CT molecular complexity index is 719. The molecule has 7 heteroatoms. The molecular formula is C16H13F2N3OS. The van der Waals surface area contributed by atoms with Gasteiger partial charge in [-0.05, 0) is 18.2 Å². The highest BCUT2D eigenvalue weighted by molar-refractivity contribution is 7.99. The van der Waals surface area contributed by atoms with Crippen molar-refractivity contribution in [1.29, 1.82) is 5.26 Å². The Morgan fingerprint density at radius 3 is 2.83 bits per heavy atom. The lowest BCUT2D eigenvalue weighted by Crippen LogP contribution is -2.28. The van der Waals surface area contributed by atoms with E-state index in [4.69, 9.17) is 5.26 Å². The summed E-state index contributed by atoms with van der Waals surface area (Å²) in [6, 6.07) is 9.01. The lowest BCUT2D eigenvalue weighted by molar-refractivity contribution is -0.121. The van der Waals surface area contributed by atoms with Gasteiger partial charge >= 0.3 is 0 Å². The van der Waals surface area contributed by atoms with Crippen LogP contribution in [0.5, 0.6) is 0 Å². The summed E-state index contributed by atoms with van der Waals surface area (Å²) >= 11 is 1.41. The fraction of sp³-hybridized carbons (Fsp3) is 0.188. The summed E-state index contributed by atoms with van der Waals surface area (Å²) in [6.07, 6.45) is 1.81. The molecule has 1 N–H and O–H groups in total. The van der Waals surface area contributed by atoms with Gasteiger partial charge in [-0.1, -0.05) is 12.1 Å². The van der Waals surface area contributed by atoms with Crippen LogP contribution in [0.2, 0.25) is 0 Å². The Balaban J connectivity index is 1.89. The van der Waals surface area contributed by atoms with Crippen molar-refractivity contribution in [3.05, 3.63) is 59.8 Å². The topological polar surface area (TPSA) is 65.8 Å². The summed E-state index contributed by atoms with van der Waals surface area (Å²) in [7, 11) is 0. The lowest BCUT2D eigenvalue weighted by atomic mass is 10.1. The van der Waals surface area contributed by atoms with E-state index in [0.29, 0.717) is 11.8 Å². The second-order valence-corrected chi connectivity index (χ2v) is 5.68. The summed E-state index contributed by atoms with van der Waals surface area (Å²) in [5.74, 6) is -1.50. The van der Waals surface area contributed by atoms with Gasteiger partial charge in [-0.15, -0.1) is 11.8 Å². The number of nitrogens with one attached hydrogen (secondary N) is 1. The zero-order valence-corrected chi connectivity index (χ0v) is 12.8. The fourth-order valence-electron chi connectivity index (χ4n) is 1.83. The number of hydrogen-bond donors (Lipinski definition) is 1. The molecule has 1 aromatic carbocycles. The fourth-order valence-corrected chi connectivity index (χ4v) is 2.64. The molecule has 0 saturated heterocycles. The molecule has 0 bridgehead atoms. The molecule has 0 aliphatic heterocycles. The second kappa shape index (κ2) is 8.25. The quantitative estimate of drug-likeness (QED) is 0.824. The van der Waals surface area contributed by atoms with Crippen LogP contribution >= 0.6 is 11.8 Å². The number of rotatable bonds is 6. The first-order chi connectivity index (χ1) is 11.1. The first-order valence-electron chi connectivity index (χ1n) is 6.78. The zero-order valence-electron chi connectivity index (χ0n) is 12.0. The van der Waals surface area contributed by atoms with E-state index in [0.717, 1.165) is 17.2 Å². The van der Waals surface area contributed by atoms with Gasteiger partial charge in [0.15, 0.2) is 0 Å². The standard InChI is InChI=1S/C16H13F2N3OS/c17-11-4-5-12(13(18)9-11)14(10-19)21-15(22)6-8-23-16-3-1-2-7-20-16/h1-5,7,9,14H,6,8H2,(H,21,22)/t14-/m0/s1. The van der Waals surface area contributed by atoms with Crippen molar-refractivity contribution in [1.82, 2.24) is 10.3 Å². The number of hydrogen-bond acceptors (Lipinski definition) is 4. The molecule has 1 amide bonds. The predicted molar refractivity (Wildman–Crippen MR) is 82.4 cm³/mol. The molecule has 118 valence electrons. The third-order valence-electron chi connectivity index (χ3n) is 2.92. The first kappa shape index (κ1) is 16.9. The SMILES string of the molecule is N#C[C@H](NC(=O)CCSc1ccccn1)c1ccc(F)cc1F. The molecule has 2 rings (SSSR count). The number of halogens is 2. The number of amides is 1. The van der Waals surface area contributed by atoms with Crippen molar-refractivity contribution in [2.75, 3.05) is 5.75 Å². The van der Waals surface area contributed by atoms with Crippen LogP contribution in [0.3, 0.4) is 0 Å². The molecule has 1 atom stereocenters. The van der Waals surface area contributed by atoms with E-state index < -0.39 is 17.7 Å². The van der Waals surface area contributed by atoms with Crippen LogP contribution in [-0.4, -0.2) is 16.6 Å². The molecule has 0 fully saturated rings. The highest BCUT2D eigenvalue weighted by atomic mass is 32.2. The van der Waals surface area contributed by atoms with E-state index >= 15 is 0 Å². The van der Waals surface area contributed by atoms with Gasteiger partial charge in [-0.3, -0.25) is 4.79 Å². The van der Waals surface area contributed by atoms with E-state index in [9.17, 15) is 13.6 Å². The smallest absolute Gasteiger partial charge is 0.222 e. The Morgan fingerprint density at radius 1 is 1.35 bits per heavy atom. The number of carbonyl (C=O) groups is 1. The molecular weight excluding hydrogens is 320 g/mol. The average Bonchev–Trinajstić information content (AvgIpc) is 2.54. The summed E-state index contributed by atoms with van der Waals surface area (Å²) in [6.45, 7) is 0. The molecule has 23 heavy (non-hydrogen) atoms. The third-order valence-corrected chi connectivity index (χ3v) is 3.87. The molecule has 0 aliphatic carbocycles. The molecule has 2 aromatic rings. The van der Waals surface area contributed by atoms with Crippen LogP contribution in [0.25, 0.3) is 0 Å².